The van der Waals surface area contributed by atoms with E-state index < -0.39 is 0 Å². The minimum Gasteiger partial charge on any atom is -0.454 e. The molecule has 2 aliphatic heterocycles. The van der Waals surface area contributed by atoms with Gasteiger partial charge in [-0.25, -0.2) is 0 Å². The Morgan fingerprint density at radius 2 is 2.05 bits per heavy atom. The minimum atomic E-state index is -0.00278. The molecule has 5 heteroatoms. The summed E-state index contributed by atoms with van der Waals surface area (Å²) in [4.78, 5) is 14.7. The number of nitrogens with two attached hydrogens (primary N) is 1. The van der Waals surface area contributed by atoms with Gasteiger partial charge in [-0.1, -0.05) is 13.8 Å². The van der Waals surface area contributed by atoms with Gasteiger partial charge in [0.05, 0.1) is 5.56 Å². The number of likely N-dealkylation sites (tertiary alicyclic amines) is 1. The summed E-state index contributed by atoms with van der Waals surface area (Å²) < 4.78 is 10.6. The molecule has 1 unspecified atom stereocenters. The van der Waals surface area contributed by atoms with Crippen molar-refractivity contribution in [3.63, 3.8) is 0 Å². The van der Waals surface area contributed by atoms with Crippen LogP contribution in [0.25, 0.3) is 0 Å². The molecule has 0 aliphatic carbocycles. The van der Waals surface area contributed by atoms with Gasteiger partial charge in [-0.15, -0.1) is 0 Å². The van der Waals surface area contributed by atoms with Crippen molar-refractivity contribution in [2.75, 3.05) is 19.1 Å². The highest BCUT2D eigenvalue weighted by Gasteiger charge is 2.33. The number of ether oxygens (including phenoxy) is 2. The number of amides is 1. The Hall–Kier alpha value is -1.91. The summed E-state index contributed by atoms with van der Waals surface area (Å²) in [6.07, 6.45) is 2.12. The summed E-state index contributed by atoms with van der Waals surface area (Å²) in [7, 11) is 0. The van der Waals surface area contributed by atoms with Gasteiger partial charge in [0.25, 0.3) is 5.91 Å². The molecule has 2 N–H and O–H groups in total. The van der Waals surface area contributed by atoms with Crippen molar-refractivity contribution >= 4 is 11.6 Å². The van der Waals surface area contributed by atoms with Crippen LogP contribution in [0.5, 0.6) is 11.5 Å². The average molecular weight is 276 g/mol. The first kappa shape index (κ1) is 13.1. The molecular formula is C15H20N2O3. The molecule has 2 aliphatic rings. The molecule has 1 fully saturated rings. The molecule has 0 saturated carbocycles. The van der Waals surface area contributed by atoms with E-state index in [0.717, 1.165) is 19.4 Å². The van der Waals surface area contributed by atoms with Gasteiger partial charge in [0, 0.05) is 24.3 Å². The van der Waals surface area contributed by atoms with Crippen LogP contribution in [0.1, 0.15) is 37.0 Å². The van der Waals surface area contributed by atoms with Crippen molar-refractivity contribution in [2.24, 2.45) is 5.92 Å². The fraction of sp³-hybridized carbons (Fsp3) is 0.533. The number of rotatable bonds is 2. The Labute approximate surface area is 118 Å². The molecule has 108 valence electrons. The number of nitrogen functional groups attached to an aromatic ring is 1. The molecular weight excluding hydrogens is 256 g/mol. The lowest BCUT2D eigenvalue weighted by Crippen LogP contribution is -2.38. The maximum atomic E-state index is 12.7. The van der Waals surface area contributed by atoms with E-state index in [1.165, 1.54) is 0 Å². The first-order valence-electron chi connectivity index (χ1n) is 7.08. The largest absolute Gasteiger partial charge is 0.454 e. The van der Waals surface area contributed by atoms with E-state index in [-0.39, 0.29) is 12.7 Å². The molecule has 0 bridgehead atoms. The second kappa shape index (κ2) is 4.89. The lowest BCUT2D eigenvalue weighted by molar-refractivity contribution is 0.0702. The number of hydrogen-bond donors (Lipinski definition) is 1. The predicted octanol–water partition coefficient (Wildman–Crippen LogP) is 2.26. The number of carbonyl (C=O) groups excluding carboxylic acids is 1. The molecule has 2 heterocycles. The summed E-state index contributed by atoms with van der Waals surface area (Å²) in [6.45, 7) is 5.29. The summed E-state index contributed by atoms with van der Waals surface area (Å²) in [5.41, 5.74) is 6.97. The number of anilines is 1. The second-order valence-corrected chi connectivity index (χ2v) is 5.74. The van der Waals surface area contributed by atoms with Gasteiger partial charge in [-0.2, -0.15) is 0 Å². The van der Waals surface area contributed by atoms with Gasteiger partial charge in [-0.3, -0.25) is 4.79 Å². The van der Waals surface area contributed by atoms with Crippen molar-refractivity contribution < 1.29 is 14.3 Å². The quantitative estimate of drug-likeness (QED) is 0.841. The smallest absolute Gasteiger partial charge is 0.256 e. The van der Waals surface area contributed by atoms with E-state index in [0.29, 0.717) is 34.7 Å². The lowest BCUT2D eigenvalue weighted by Gasteiger charge is -2.28. The second-order valence-electron chi connectivity index (χ2n) is 5.74. The Morgan fingerprint density at radius 3 is 2.75 bits per heavy atom. The Kier molecular flexibility index (Phi) is 3.20. The van der Waals surface area contributed by atoms with E-state index in [4.69, 9.17) is 15.2 Å². The summed E-state index contributed by atoms with van der Waals surface area (Å²) in [6, 6.07) is 3.68. The number of nitrogens with zero attached hydrogens (tertiary/aromatic N) is 1. The zero-order valence-electron chi connectivity index (χ0n) is 11.9. The number of benzene rings is 1. The third-order valence-electron chi connectivity index (χ3n) is 4.10. The Morgan fingerprint density at radius 1 is 1.35 bits per heavy atom. The van der Waals surface area contributed by atoms with Crippen LogP contribution in [-0.4, -0.2) is 30.2 Å². The van der Waals surface area contributed by atoms with Crippen molar-refractivity contribution in [2.45, 2.75) is 32.7 Å². The van der Waals surface area contributed by atoms with Crippen LogP contribution in [0.15, 0.2) is 12.1 Å². The molecule has 0 aromatic heterocycles. The van der Waals surface area contributed by atoms with Crippen LogP contribution in [0, 0.1) is 5.92 Å². The highest BCUT2D eigenvalue weighted by atomic mass is 16.7. The predicted molar refractivity (Wildman–Crippen MR) is 75.9 cm³/mol. The van der Waals surface area contributed by atoms with E-state index in [1.54, 1.807) is 12.1 Å². The molecule has 1 atom stereocenters. The van der Waals surface area contributed by atoms with Gasteiger partial charge in [0.2, 0.25) is 6.79 Å². The fourth-order valence-electron chi connectivity index (χ4n) is 3.04. The van der Waals surface area contributed by atoms with Gasteiger partial charge < -0.3 is 20.1 Å². The van der Waals surface area contributed by atoms with Gasteiger partial charge in [0.1, 0.15) is 0 Å². The standard InChI is InChI=1S/C15H20N2O3/c1-9(2)12-4-3-5-17(12)15(18)10-6-13-14(7-11(10)16)20-8-19-13/h6-7,9,12H,3-5,8,16H2,1-2H3. The highest BCUT2D eigenvalue weighted by Crippen LogP contribution is 2.37. The molecule has 1 saturated heterocycles. The molecule has 1 amide bonds. The third-order valence-corrected chi connectivity index (χ3v) is 4.10. The van der Waals surface area contributed by atoms with Crippen molar-refractivity contribution in [3.8, 4) is 11.5 Å². The van der Waals surface area contributed by atoms with Crippen LogP contribution in [0.2, 0.25) is 0 Å². The van der Waals surface area contributed by atoms with Crippen LogP contribution in [0.4, 0.5) is 5.69 Å². The summed E-state index contributed by atoms with van der Waals surface area (Å²) in [5, 5.41) is 0. The third kappa shape index (κ3) is 2.07. The zero-order chi connectivity index (χ0) is 14.3. The van der Waals surface area contributed by atoms with E-state index in [2.05, 4.69) is 13.8 Å². The zero-order valence-corrected chi connectivity index (χ0v) is 11.9. The maximum Gasteiger partial charge on any atom is 0.256 e. The summed E-state index contributed by atoms with van der Waals surface area (Å²) in [5.74, 6) is 1.66. The van der Waals surface area contributed by atoms with Crippen LogP contribution < -0.4 is 15.2 Å². The lowest BCUT2D eigenvalue weighted by atomic mass is 10.0. The maximum absolute atomic E-state index is 12.7. The first-order chi connectivity index (χ1) is 9.58. The molecule has 20 heavy (non-hydrogen) atoms. The molecule has 5 nitrogen and oxygen atoms in total. The highest BCUT2D eigenvalue weighted by molar-refractivity contribution is 6.00. The SMILES string of the molecule is CC(C)C1CCCN1C(=O)c1cc2c(cc1N)OCO2. The van der Waals surface area contributed by atoms with Crippen molar-refractivity contribution in [1.82, 2.24) is 4.90 Å². The van der Waals surface area contributed by atoms with Gasteiger partial charge in [0.15, 0.2) is 11.5 Å². The topological polar surface area (TPSA) is 64.8 Å². The van der Waals surface area contributed by atoms with Crippen LogP contribution in [-0.2, 0) is 0 Å². The number of carbonyl (C=O) groups is 1. The normalized spacial score (nSPS) is 20.8. The Balaban J connectivity index is 1.91. The van der Waals surface area contributed by atoms with Crippen molar-refractivity contribution in [3.05, 3.63) is 17.7 Å². The average Bonchev–Trinajstić information content (AvgIpc) is 3.04. The Bertz CT molecular complexity index is 542. The van der Waals surface area contributed by atoms with E-state index in [1.807, 2.05) is 4.90 Å². The van der Waals surface area contributed by atoms with E-state index >= 15 is 0 Å². The van der Waals surface area contributed by atoms with Gasteiger partial charge in [-0.05, 0) is 24.8 Å². The fourth-order valence-corrected chi connectivity index (χ4v) is 3.04. The first-order valence-corrected chi connectivity index (χ1v) is 7.08. The molecule has 1 aromatic carbocycles. The van der Waals surface area contributed by atoms with Crippen LogP contribution >= 0.6 is 0 Å². The van der Waals surface area contributed by atoms with E-state index in [9.17, 15) is 4.79 Å². The molecule has 0 spiro atoms. The summed E-state index contributed by atoms with van der Waals surface area (Å²) >= 11 is 0. The number of fused-ring (bicyclic) bond motifs is 1. The van der Waals surface area contributed by atoms with Crippen molar-refractivity contribution in [1.29, 1.82) is 0 Å². The van der Waals surface area contributed by atoms with Crippen LogP contribution in [0.3, 0.4) is 0 Å². The monoisotopic (exact) mass is 276 g/mol. The van der Waals surface area contributed by atoms with Gasteiger partial charge >= 0.3 is 0 Å². The molecule has 1 aromatic rings. The molecule has 0 radical (unpaired) electrons. The molecule has 3 rings (SSSR count). The number of hydrogen-bond acceptors (Lipinski definition) is 4. The minimum absolute atomic E-state index is 0.00278.